The Hall–Kier alpha value is -1.36. The van der Waals surface area contributed by atoms with Crippen LogP contribution in [-0.4, -0.2) is 35.8 Å². The van der Waals surface area contributed by atoms with E-state index in [4.69, 9.17) is 0 Å². The summed E-state index contributed by atoms with van der Waals surface area (Å²) in [5.41, 5.74) is 0.629. The molecule has 1 unspecified atom stereocenters. The number of nitrogens with zero attached hydrogens (tertiary/aromatic N) is 1. The number of likely N-dealkylation sites (tertiary alicyclic amines) is 1. The van der Waals surface area contributed by atoms with Gasteiger partial charge < -0.3 is 10.2 Å². The van der Waals surface area contributed by atoms with Gasteiger partial charge in [-0.2, -0.15) is 0 Å². The van der Waals surface area contributed by atoms with Crippen molar-refractivity contribution in [3.63, 3.8) is 0 Å². The molecule has 1 aliphatic heterocycles. The van der Waals surface area contributed by atoms with Crippen LogP contribution < -0.4 is 5.32 Å². The van der Waals surface area contributed by atoms with Crippen molar-refractivity contribution in [2.24, 2.45) is 5.92 Å². The molecule has 1 atom stereocenters. The predicted octanol–water partition coefficient (Wildman–Crippen LogP) is 2.44. The van der Waals surface area contributed by atoms with Crippen molar-refractivity contribution in [3.05, 3.63) is 34.3 Å². The summed E-state index contributed by atoms with van der Waals surface area (Å²) in [6, 6.07) is 7.51. The lowest BCUT2D eigenvalue weighted by Crippen LogP contribution is -2.34. The minimum Gasteiger partial charge on any atom is -0.352 e. The maximum absolute atomic E-state index is 12.0. The maximum atomic E-state index is 12.0. The van der Waals surface area contributed by atoms with Gasteiger partial charge in [-0.25, -0.2) is 0 Å². The fourth-order valence-corrected chi connectivity index (χ4v) is 2.81. The summed E-state index contributed by atoms with van der Waals surface area (Å²) in [6.07, 6.45) is 0.525. The van der Waals surface area contributed by atoms with Gasteiger partial charge in [0.2, 0.25) is 5.91 Å². The van der Waals surface area contributed by atoms with E-state index < -0.39 is 0 Å². The Morgan fingerprint density at radius 2 is 2.25 bits per heavy atom. The van der Waals surface area contributed by atoms with Gasteiger partial charge in [-0.1, -0.05) is 22.0 Å². The highest BCUT2D eigenvalue weighted by molar-refractivity contribution is 9.10. The number of benzene rings is 1. The monoisotopic (exact) mass is 338 g/mol. The SMILES string of the molecule is CC(C)N1CC(CNC(=O)c2cccc(Br)c2)CC1=O. The number of rotatable bonds is 4. The number of amides is 2. The van der Waals surface area contributed by atoms with Gasteiger partial charge in [-0.3, -0.25) is 9.59 Å². The van der Waals surface area contributed by atoms with E-state index in [9.17, 15) is 9.59 Å². The zero-order chi connectivity index (χ0) is 14.7. The first-order chi connectivity index (χ1) is 9.47. The van der Waals surface area contributed by atoms with Gasteiger partial charge in [0.05, 0.1) is 0 Å². The number of nitrogens with one attached hydrogen (secondary N) is 1. The van der Waals surface area contributed by atoms with E-state index in [0.29, 0.717) is 18.5 Å². The first-order valence-electron chi connectivity index (χ1n) is 6.80. The minimum atomic E-state index is -0.0956. The van der Waals surface area contributed by atoms with E-state index in [-0.39, 0.29) is 23.8 Å². The van der Waals surface area contributed by atoms with Crippen LogP contribution in [0.15, 0.2) is 28.7 Å². The highest BCUT2D eigenvalue weighted by atomic mass is 79.9. The number of halogens is 1. The summed E-state index contributed by atoms with van der Waals surface area (Å²) in [5, 5.41) is 2.91. The van der Waals surface area contributed by atoms with Gasteiger partial charge in [-0.05, 0) is 32.0 Å². The Balaban J connectivity index is 1.87. The molecule has 0 aromatic heterocycles. The molecule has 1 heterocycles. The topological polar surface area (TPSA) is 49.4 Å². The van der Waals surface area contributed by atoms with Gasteiger partial charge in [0.15, 0.2) is 0 Å². The van der Waals surface area contributed by atoms with Gasteiger partial charge in [0.25, 0.3) is 5.91 Å². The molecule has 2 amide bonds. The van der Waals surface area contributed by atoms with Crippen LogP contribution in [0, 0.1) is 5.92 Å². The average Bonchev–Trinajstić information content (AvgIpc) is 2.77. The molecule has 0 aliphatic carbocycles. The standard InChI is InChI=1S/C15H19BrN2O2/c1-10(2)18-9-11(6-14(18)19)8-17-15(20)12-4-3-5-13(16)7-12/h3-5,7,10-11H,6,8-9H2,1-2H3,(H,17,20). The fraction of sp³-hybridized carbons (Fsp3) is 0.467. The molecule has 1 N–H and O–H groups in total. The normalized spacial score (nSPS) is 18.7. The Bertz CT molecular complexity index is 516. The average molecular weight is 339 g/mol. The smallest absolute Gasteiger partial charge is 0.251 e. The van der Waals surface area contributed by atoms with Crippen molar-refractivity contribution >= 4 is 27.7 Å². The molecule has 20 heavy (non-hydrogen) atoms. The Kier molecular flexibility index (Phi) is 4.81. The number of hydrogen-bond donors (Lipinski definition) is 1. The third-order valence-electron chi connectivity index (χ3n) is 3.50. The first kappa shape index (κ1) is 15.0. The van der Waals surface area contributed by atoms with Crippen LogP contribution in [0.4, 0.5) is 0 Å². The first-order valence-corrected chi connectivity index (χ1v) is 7.60. The highest BCUT2D eigenvalue weighted by Gasteiger charge is 2.31. The summed E-state index contributed by atoms with van der Waals surface area (Å²) in [6.45, 7) is 5.30. The Morgan fingerprint density at radius 3 is 2.85 bits per heavy atom. The molecule has 1 saturated heterocycles. The summed E-state index contributed by atoms with van der Waals surface area (Å²) in [5.74, 6) is 0.296. The van der Waals surface area contributed by atoms with Crippen molar-refractivity contribution in [2.45, 2.75) is 26.3 Å². The summed E-state index contributed by atoms with van der Waals surface area (Å²) in [4.78, 5) is 25.7. The van der Waals surface area contributed by atoms with Gasteiger partial charge in [0.1, 0.15) is 0 Å². The molecule has 1 fully saturated rings. The van der Waals surface area contributed by atoms with Crippen LogP contribution >= 0.6 is 15.9 Å². The van der Waals surface area contributed by atoms with Crippen LogP contribution in [0.5, 0.6) is 0 Å². The molecule has 0 bridgehead atoms. The lowest BCUT2D eigenvalue weighted by molar-refractivity contribution is -0.129. The summed E-state index contributed by atoms with van der Waals surface area (Å²) in [7, 11) is 0. The van der Waals surface area contributed by atoms with Gasteiger partial charge in [-0.15, -0.1) is 0 Å². The second-order valence-corrected chi connectivity index (χ2v) is 6.35. The lowest BCUT2D eigenvalue weighted by Gasteiger charge is -2.21. The van der Waals surface area contributed by atoms with Crippen LogP contribution in [-0.2, 0) is 4.79 Å². The largest absolute Gasteiger partial charge is 0.352 e. The molecular formula is C15H19BrN2O2. The van der Waals surface area contributed by atoms with E-state index in [1.165, 1.54) is 0 Å². The van der Waals surface area contributed by atoms with E-state index in [1.807, 2.05) is 30.9 Å². The van der Waals surface area contributed by atoms with Crippen LogP contribution in [0.1, 0.15) is 30.6 Å². The molecule has 0 spiro atoms. The van der Waals surface area contributed by atoms with E-state index in [0.717, 1.165) is 11.0 Å². The van der Waals surface area contributed by atoms with E-state index >= 15 is 0 Å². The number of carbonyl (C=O) groups is 2. The molecule has 0 radical (unpaired) electrons. The Morgan fingerprint density at radius 1 is 1.50 bits per heavy atom. The maximum Gasteiger partial charge on any atom is 0.251 e. The molecule has 1 aromatic rings. The van der Waals surface area contributed by atoms with Gasteiger partial charge >= 0.3 is 0 Å². The van der Waals surface area contributed by atoms with Crippen molar-refractivity contribution in [3.8, 4) is 0 Å². The Labute approximate surface area is 127 Å². The van der Waals surface area contributed by atoms with Crippen molar-refractivity contribution in [1.29, 1.82) is 0 Å². The lowest BCUT2D eigenvalue weighted by atomic mass is 10.1. The predicted molar refractivity (Wildman–Crippen MR) is 81.4 cm³/mol. The van der Waals surface area contributed by atoms with Crippen molar-refractivity contribution in [1.82, 2.24) is 10.2 Å². The van der Waals surface area contributed by atoms with E-state index in [2.05, 4.69) is 21.2 Å². The summed E-state index contributed by atoms with van der Waals surface area (Å²) >= 11 is 3.35. The number of carbonyl (C=O) groups excluding carboxylic acids is 2. The second-order valence-electron chi connectivity index (χ2n) is 5.43. The highest BCUT2D eigenvalue weighted by Crippen LogP contribution is 2.19. The summed E-state index contributed by atoms with van der Waals surface area (Å²) < 4.78 is 0.882. The molecule has 4 nitrogen and oxygen atoms in total. The molecule has 2 rings (SSSR count). The van der Waals surface area contributed by atoms with Crippen molar-refractivity contribution in [2.75, 3.05) is 13.1 Å². The van der Waals surface area contributed by atoms with E-state index in [1.54, 1.807) is 12.1 Å². The minimum absolute atomic E-state index is 0.0956. The third-order valence-corrected chi connectivity index (χ3v) is 3.99. The molecular weight excluding hydrogens is 320 g/mol. The number of hydrogen-bond acceptors (Lipinski definition) is 2. The molecule has 1 aromatic carbocycles. The zero-order valence-corrected chi connectivity index (χ0v) is 13.3. The fourth-order valence-electron chi connectivity index (χ4n) is 2.41. The van der Waals surface area contributed by atoms with Crippen LogP contribution in [0.2, 0.25) is 0 Å². The third kappa shape index (κ3) is 3.60. The van der Waals surface area contributed by atoms with Crippen LogP contribution in [0.3, 0.4) is 0 Å². The quantitative estimate of drug-likeness (QED) is 0.916. The molecule has 1 aliphatic rings. The van der Waals surface area contributed by atoms with Gasteiger partial charge in [0, 0.05) is 41.5 Å². The van der Waals surface area contributed by atoms with Crippen LogP contribution in [0.25, 0.3) is 0 Å². The second kappa shape index (κ2) is 6.39. The molecule has 0 saturated carbocycles. The molecule has 108 valence electrons. The zero-order valence-electron chi connectivity index (χ0n) is 11.7. The van der Waals surface area contributed by atoms with Crippen molar-refractivity contribution < 1.29 is 9.59 Å². The molecule has 5 heteroatoms.